The van der Waals surface area contributed by atoms with E-state index in [1.165, 1.54) is 29.0 Å². The average molecular weight is 539 g/mol. The number of pyridine rings is 1. The van der Waals surface area contributed by atoms with Crippen LogP contribution in [-0.4, -0.2) is 34.1 Å². The lowest BCUT2D eigenvalue weighted by Crippen LogP contribution is -2.34. The van der Waals surface area contributed by atoms with Crippen LogP contribution in [0.25, 0.3) is 11.1 Å². The van der Waals surface area contributed by atoms with Crippen LogP contribution in [0.2, 0.25) is 10.0 Å². The molecular weight excluding hydrogens is 515 g/mol. The third kappa shape index (κ3) is 6.28. The zero-order valence-electron chi connectivity index (χ0n) is 19.8. The maximum Gasteiger partial charge on any atom is 0.335 e. The molecule has 1 fully saturated rings. The van der Waals surface area contributed by atoms with Crippen molar-refractivity contribution in [1.82, 2.24) is 4.57 Å². The summed E-state index contributed by atoms with van der Waals surface area (Å²) in [6.07, 6.45) is 4.28. The third-order valence-electron chi connectivity index (χ3n) is 6.47. The maximum atomic E-state index is 13.5. The number of nitrogens with zero attached hydrogens (tertiary/aromatic N) is 2. The lowest BCUT2D eigenvalue weighted by molar-refractivity contribution is -0.123. The Labute approximate surface area is 223 Å². The van der Waals surface area contributed by atoms with E-state index in [0.29, 0.717) is 40.3 Å². The number of ether oxygens (including phenoxy) is 1. The molecule has 2 atom stereocenters. The minimum atomic E-state index is -1.05. The highest BCUT2D eigenvalue weighted by Gasteiger charge is 2.28. The van der Waals surface area contributed by atoms with Crippen molar-refractivity contribution in [2.45, 2.75) is 44.2 Å². The van der Waals surface area contributed by atoms with E-state index >= 15 is 0 Å². The Hall–Kier alpha value is -3.44. The van der Waals surface area contributed by atoms with Crippen LogP contribution in [0, 0.1) is 11.3 Å². The summed E-state index contributed by atoms with van der Waals surface area (Å²) in [5.74, 6) is -1.27. The van der Waals surface area contributed by atoms with Gasteiger partial charge in [0.25, 0.3) is 5.56 Å². The van der Waals surface area contributed by atoms with Crippen LogP contribution in [0.4, 0.5) is 0 Å². The fraction of sp³-hybridized carbons (Fsp3) is 0.286. The van der Waals surface area contributed by atoms with E-state index in [9.17, 15) is 19.6 Å². The number of ketones is 1. The molecule has 1 saturated heterocycles. The molecule has 9 heteroatoms. The average Bonchev–Trinajstić information content (AvgIpc) is 2.89. The van der Waals surface area contributed by atoms with Crippen LogP contribution in [0.15, 0.2) is 59.5 Å². The molecule has 1 N–H and O–H groups in total. The number of hydrogen-bond donors (Lipinski definition) is 1. The van der Waals surface area contributed by atoms with Gasteiger partial charge in [0.2, 0.25) is 0 Å². The van der Waals surface area contributed by atoms with Crippen LogP contribution in [0.1, 0.15) is 53.2 Å². The van der Waals surface area contributed by atoms with Crippen molar-refractivity contribution in [2.24, 2.45) is 0 Å². The van der Waals surface area contributed by atoms with Crippen LogP contribution in [-0.2, 0) is 16.0 Å². The molecule has 1 aliphatic heterocycles. The summed E-state index contributed by atoms with van der Waals surface area (Å²) >= 11 is 12.7. The number of hydrogen-bond acceptors (Lipinski definition) is 5. The van der Waals surface area contributed by atoms with E-state index in [2.05, 4.69) is 6.07 Å². The van der Waals surface area contributed by atoms with Gasteiger partial charge in [-0.05, 0) is 55.2 Å². The van der Waals surface area contributed by atoms with Crippen LogP contribution in [0.5, 0.6) is 0 Å². The third-order valence-corrected chi connectivity index (χ3v) is 7.01. The quantitative estimate of drug-likeness (QED) is 0.393. The standard InChI is InChI=1S/C28H24Cl2N2O5/c29-20-9-8-19(15-31)22(12-20)23-14-27(34)32(16-24(23)30)25(13-21-3-1-2-10-37-21)26(33)11-17-4-6-18(7-5-17)28(35)36/h4-9,12,14,16,21,25H,1-3,10-11,13H2,(H,35,36)/t21-,25?/m0/s1. The van der Waals surface area contributed by atoms with Gasteiger partial charge in [-0.1, -0.05) is 35.3 Å². The molecule has 1 aliphatic rings. The summed E-state index contributed by atoms with van der Waals surface area (Å²) in [5.41, 5.74) is 1.42. The molecule has 0 bridgehead atoms. The van der Waals surface area contributed by atoms with E-state index < -0.39 is 17.6 Å². The fourth-order valence-electron chi connectivity index (χ4n) is 4.54. The number of carbonyl (C=O) groups is 2. The van der Waals surface area contributed by atoms with Crippen molar-refractivity contribution in [3.63, 3.8) is 0 Å². The van der Waals surface area contributed by atoms with E-state index in [1.807, 2.05) is 0 Å². The molecular formula is C28H24Cl2N2O5. The van der Waals surface area contributed by atoms with Crippen LogP contribution >= 0.6 is 23.2 Å². The van der Waals surface area contributed by atoms with Crippen molar-refractivity contribution in [3.05, 3.63) is 91.8 Å². The Bertz CT molecular complexity index is 1420. The zero-order chi connectivity index (χ0) is 26.5. The van der Waals surface area contributed by atoms with Gasteiger partial charge in [-0.15, -0.1) is 0 Å². The number of aromatic nitrogens is 1. The van der Waals surface area contributed by atoms with Gasteiger partial charge in [0, 0.05) is 47.9 Å². The number of aromatic carboxylic acids is 1. The van der Waals surface area contributed by atoms with Crippen LogP contribution < -0.4 is 5.56 Å². The molecule has 1 aromatic heterocycles. The maximum absolute atomic E-state index is 13.5. The second kappa shape index (κ2) is 11.7. The normalized spacial score (nSPS) is 16.1. The summed E-state index contributed by atoms with van der Waals surface area (Å²) < 4.78 is 7.19. The number of Topliss-reactive ketones (excluding diaryl/α,β-unsaturated/α-hetero) is 1. The van der Waals surface area contributed by atoms with E-state index in [-0.39, 0.29) is 28.9 Å². The van der Waals surface area contributed by atoms with Crippen LogP contribution in [0.3, 0.4) is 0 Å². The number of halogens is 2. The zero-order valence-corrected chi connectivity index (χ0v) is 21.3. The summed E-state index contributed by atoms with van der Waals surface area (Å²) in [5, 5.41) is 19.2. The number of carboxylic acids is 1. The molecule has 2 heterocycles. The monoisotopic (exact) mass is 538 g/mol. The number of nitriles is 1. The molecule has 0 spiro atoms. The Morgan fingerprint density at radius 3 is 2.51 bits per heavy atom. The molecule has 4 rings (SSSR count). The highest BCUT2D eigenvalue weighted by atomic mass is 35.5. The predicted molar refractivity (Wildman–Crippen MR) is 140 cm³/mol. The number of benzene rings is 2. The van der Waals surface area contributed by atoms with Gasteiger partial charge >= 0.3 is 5.97 Å². The SMILES string of the molecule is N#Cc1ccc(Cl)cc1-c1cc(=O)n(C(C[C@@H]2CCCCO2)C(=O)Cc2ccc(C(=O)O)cc2)cc1Cl. The van der Waals surface area contributed by atoms with E-state index in [1.54, 1.807) is 30.3 Å². The molecule has 7 nitrogen and oxygen atoms in total. The number of rotatable bonds is 8. The smallest absolute Gasteiger partial charge is 0.335 e. The summed E-state index contributed by atoms with van der Waals surface area (Å²) in [4.78, 5) is 38.0. The van der Waals surface area contributed by atoms with Crippen molar-refractivity contribution < 1.29 is 19.4 Å². The van der Waals surface area contributed by atoms with Gasteiger partial charge in [-0.3, -0.25) is 9.59 Å². The van der Waals surface area contributed by atoms with E-state index in [4.69, 9.17) is 33.0 Å². The molecule has 0 radical (unpaired) electrons. The minimum absolute atomic E-state index is 0.00989. The second-order valence-electron chi connectivity index (χ2n) is 8.97. The summed E-state index contributed by atoms with van der Waals surface area (Å²) in [6.45, 7) is 0.600. The molecule has 0 saturated carbocycles. The van der Waals surface area contributed by atoms with Gasteiger partial charge in [0.1, 0.15) is 0 Å². The highest BCUT2D eigenvalue weighted by molar-refractivity contribution is 6.33. The first kappa shape index (κ1) is 26.6. The second-order valence-corrected chi connectivity index (χ2v) is 9.81. The van der Waals surface area contributed by atoms with Gasteiger partial charge in [0.05, 0.1) is 34.4 Å². The first-order valence-electron chi connectivity index (χ1n) is 11.8. The topological polar surface area (TPSA) is 109 Å². The Morgan fingerprint density at radius 2 is 1.86 bits per heavy atom. The largest absolute Gasteiger partial charge is 0.478 e. The molecule has 37 heavy (non-hydrogen) atoms. The van der Waals surface area contributed by atoms with Crippen molar-refractivity contribution >= 4 is 35.0 Å². The number of carbonyl (C=O) groups excluding carboxylic acids is 1. The molecule has 0 amide bonds. The van der Waals surface area contributed by atoms with Crippen molar-refractivity contribution in [2.75, 3.05) is 6.61 Å². The summed E-state index contributed by atoms with van der Waals surface area (Å²) in [7, 11) is 0. The summed E-state index contributed by atoms with van der Waals surface area (Å²) in [6, 6.07) is 13.4. The Kier molecular flexibility index (Phi) is 8.45. The molecule has 1 unspecified atom stereocenters. The number of carboxylic acid groups (broad SMARTS) is 1. The Balaban J connectivity index is 1.70. The highest BCUT2D eigenvalue weighted by Crippen LogP contribution is 2.33. The first-order valence-corrected chi connectivity index (χ1v) is 12.6. The fourth-order valence-corrected chi connectivity index (χ4v) is 4.97. The van der Waals surface area contributed by atoms with Gasteiger partial charge in [-0.2, -0.15) is 5.26 Å². The van der Waals surface area contributed by atoms with Gasteiger partial charge in [-0.25, -0.2) is 4.79 Å². The van der Waals surface area contributed by atoms with Crippen molar-refractivity contribution in [3.8, 4) is 17.2 Å². The lowest BCUT2D eigenvalue weighted by atomic mass is 9.95. The first-order chi connectivity index (χ1) is 17.8. The molecule has 3 aromatic rings. The lowest BCUT2D eigenvalue weighted by Gasteiger charge is -2.28. The predicted octanol–water partition coefficient (Wildman–Crippen LogP) is 5.70. The Morgan fingerprint density at radius 1 is 1.11 bits per heavy atom. The van der Waals surface area contributed by atoms with E-state index in [0.717, 1.165) is 19.3 Å². The van der Waals surface area contributed by atoms with Gasteiger partial charge in [0.15, 0.2) is 5.78 Å². The molecule has 190 valence electrons. The molecule has 0 aliphatic carbocycles. The van der Waals surface area contributed by atoms with Crippen molar-refractivity contribution in [1.29, 1.82) is 5.26 Å². The molecule has 2 aromatic carbocycles. The minimum Gasteiger partial charge on any atom is -0.478 e. The van der Waals surface area contributed by atoms with Gasteiger partial charge < -0.3 is 14.4 Å².